The average molecular weight is 265 g/mol. The molecule has 1 aliphatic heterocycles. The van der Waals surface area contributed by atoms with E-state index in [9.17, 15) is 14.0 Å². The highest BCUT2D eigenvalue weighted by Gasteiger charge is 2.38. The van der Waals surface area contributed by atoms with Crippen molar-refractivity contribution in [2.45, 2.75) is 26.3 Å². The molecule has 2 atom stereocenters. The average Bonchev–Trinajstić information content (AvgIpc) is 2.74. The number of aryl methyl sites for hydroxylation is 1. The molecule has 1 amide bonds. The zero-order valence-corrected chi connectivity index (χ0v) is 10.9. The van der Waals surface area contributed by atoms with Gasteiger partial charge in [-0.05, 0) is 31.9 Å². The summed E-state index contributed by atoms with van der Waals surface area (Å²) < 4.78 is 13.9. The summed E-state index contributed by atoms with van der Waals surface area (Å²) in [5.74, 6) is -2.44. The van der Waals surface area contributed by atoms with Crippen LogP contribution in [0.2, 0.25) is 0 Å². The number of halogens is 1. The zero-order chi connectivity index (χ0) is 14.2. The van der Waals surface area contributed by atoms with Gasteiger partial charge in [0.1, 0.15) is 5.82 Å². The van der Waals surface area contributed by atoms with Crippen molar-refractivity contribution in [2.75, 3.05) is 6.54 Å². The SMILES string of the molecule is Cc1cccc(C(=O)N2CCC(C(=O)O)C2C)c1F. The van der Waals surface area contributed by atoms with Crippen molar-refractivity contribution in [3.8, 4) is 0 Å². The first-order chi connectivity index (χ1) is 8.93. The molecule has 0 spiro atoms. The van der Waals surface area contributed by atoms with Crippen LogP contribution >= 0.6 is 0 Å². The van der Waals surface area contributed by atoms with E-state index in [0.29, 0.717) is 18.5 Å². The molecule has 1 fully saturated rings. The summed E-state index contributed by atoms with van der Waals surface area (Å²) in [6.07, 6.45) is 0.412. The first-order valence-corrected chi connectivity index (χ1v) is 6.22. The second-order valence-corrected chi connectivity index (χ2v) is 4.91. The van der Waals surface area contributed by atoms with Gasteiger partial charge in [0.25, 0.3) is 5.91 Å². The molecule has 4 nitrogen and oxygen atoms in total. The van der Waals surface area contributed by atoms with Crippen LogP contribution in [0.1, 0.15) is 29.3 Å². The van der Waals surface area contributed by atoms with E-state index in [0.717, 1.165) is 0 Å². The molecule has 1 N–H and O–H groups in total. The summed E-state index contributed by atoms with van der Waals surface area (Å²) in [4.78, 5) is 24.8. The van der Waals surface area contributed by atoms with Crippen molar-refractivity contribution in [3.05, 3.63) is 35.1 Å². The third-order valence-electron chi connectivity index (χ3n) is 3.76. The molecule has 0 saturated carbocycles. The predicted octanol–water partition coefficient (Wildman–Crippen LogP) is 2.07. The van der Waals surface area contributed by atoms with E-state index in [1.54, 1.807) is 26.0 Å². The van der Waals surface area contributed by atoms with Gasteiger partial charge in [0, 0.05) is 12.6 Å². The Hall–Kier alpha value is -1.91. The largest absolute Gasteiger partial charge is 0.481 e. The molecule has 1 aromatic rings. The molecule has 1 aromatic carbocycles. The maximum atomic E-state index is 13.9. The van der Waals surface area contributed by atoms with Crippen LogP contribution in [0.3, 0.4) is 0 Å². The van der Waals surface area contributed by atoms with Gasteiger partial charge in [0.05, 0.1) is 11.5 Å². The van der Waals surface area contributed by atoms with E-state index in [1.165, 1.54) is 11.0 Å². The molecule has 1 aliphatic rings. The Morgan fingerprint density at radius 3 is 2.68 bits per heavy atom. The van der Waals surface area contributed by atoms with E-state index < -0.39 is 29.7 Å². The molecule has 2 unspecified atom stereocenters. The van der Waals surface area contributed by atoms with Crippen LogP contribution < -0.4 is 0 Å². The van der Waals surface area contributed by atoms with E-state index >= 15 is 0 Å². The number of rotatable bonds is 2. The molecule has 2 rings (SSSR count). The molecule has 0 radical (unpaired) electrons. The fourth-order valence-corrected chi connectivity index (χ4v) is 2.52. The smallest absolute Gasteiger partial charge is 0.308 e. The number of nitrogens with zero attached hydrogens (tertiary/aromatic N) is 1. The van der Waals surface area contributed by atoms with Crippen molar-refractivity contribution in [2.24, 2.45) is 5.92 Å². The minimum Gasteiger partial charge on any atom is -0.481 e. The lowest BCUT2D eigenvalue weighted by molar-refractivity contribution is -0.142. The summed E-state index contributed by atoms with van der Waals surface area (Å²) in [6.45, 7) is 3.64. The second-order valence-electron chi connectivity index (χ2n) is 4.91. The maximum absolute atomic E-state index is 13.9. The Morgan fingerprint density at radius 2 is 2.11 bits per heavy atom. The number of carboxylic acid groups (broad SMARTS) is 1. The van der Waals surface area contributed by atoms with Crippen LogP contribution in [0.5, 0.6) is 0 Å². The van der Waals surface area contributed by atoms with Gasteiger partial charge >= 0.3 is 5.97 Å². The van der Waals surface area contributed by atoms with Gasteiger partial charge in [-0.2, -0.15) is 0 Å². The highest BCUT2D eigenvalue weighted by Crippen LogP contribution is 2.27. The number of aliphatic carboxylic acids is 1. The predicted molar refractivity (Wildman–Crippen MR) is 67.4 cm³/mol. The number of hydrogen-bond acceptors (Lipinski definition) is 2. The van der Waals surface area contributed by atoms with Crippen LogP contribution in [0.4, 0.5) is 4.39 Å². The van der Waals surface area contributed by atoms with Crippen LogP contribution in [0.25, 0.3) is 0 Å². The summed E-state index contributed by atoms with van der Waals surface area (Å²) in [5.41, 5.74) is 0.422. The lowest BCUT2D eigenvalue weighted by Gasteiger charge is -2.23. The highest BCUT2D eigenvalue weighted by atomic mass is 19.1. The Kier molecular flexibility index (Phi) is 3.55. The fraction of sp³-hybridized carbons (Fsp3) is 0.429. The van der Waals surface area contributed by atoms with Crippen LogP contribution in [0.15, 0.2) is 18.2 Å². The number of benzene rings is 1. The van der Waals surface area contributed by atoms with E-state index in [-0.39, 0.29) is 5.56 Å². The number of carbonyl (C=O) groups excluding carboxylic acids is 1. The lowest BCUT2D eigenvalue weighted by atomic mass is 10.0. The fourth-order valence-electron chi connectivity index (χ4n) is 2.52. The van der Waals surface area contributed by atoms with Crippen molar-refractivity contribution < 1.29 is 19.1 Å². The number of likely N-dealkylation sites (tertiary alicyclic amines) is 1. The molecule has 0 aliphatic carbocycles. The second kappa shape index (κ2) is 4.99. The van der Waals surface area contributed by atoms with Gasteiger partial charge in [-0.25, -0.2) is 4.39 Å². The number of carboxylic acids is 1. The molecule has 1 saturated heterocycles. The van der Waals surface area contributed by atoms with Gasteiger partial charge in [-0.3, -0.25) is 9.59 Å². The third kappa shape index (κ3) is 2.32. The lowest BCUT2D eigenvalue weighted by Crippen LogP contribution is -2.38. The van der Waals surface area contributed by atoms with Gasteiger partial charge < -0.3 is 10.0 Å². The number of amides is 1. The minimum atomic E-state index is -0.910. The minimum absolute atomic E-state index is 0.0119. The van der Waals surface area contributed by atoms with Gasteiger partial charge in [-0.1, -0.05) is 12.1 Å². The van der Waals surface area contributed by atoms with Crippen molar-refractivity contribution in [3.63, 3.8) is 0 Å². The molecule has 19 heavy (non-hydrogen) atoms. The van der Waals surface area contributed by atoms with Crippen LogP contribution in [-0.4, -0.2) is 34.5 Å². The molecule has 1 heterocycles. The first kappa shape index (κ1) is 13.5. The first-order valence-electron chi connectivity index (χ1n) is 6.22. The Bertz CT molecular complexity index is 529. The number of carbonyl (C=O) groups is 2. The normalized spacial score (nSPS) is 22.6. The van der Waals surface area contributed by atoms with E-state index in [2.05, 4.69) is 0 Å². The third-order valence-corrected chi connectivity index (χ3v) is 3.76. The van der Waals surface area contributed by atoms with E-state index in [4.69, 9.17) is 5.11 Å². The summed E-state index contributed by atoms with van der Waals surface area (Å²) in [6, 6.07) is 4.25. The summed E-state index contributed by atoms with van der Waals surface area (Å²) >= 11 is 0. The number of hydrogen-bond donors (Lipinski definition) is 1. The topological polar surface area (TPSA) is 57.6 Å². The summed E-state index contributed by atoms with van der Waals surface area (Å²) in [7, 11) is 0. The standard InChI is InChI=1S/C14H16FNO3/c1-8-4-3-5-11(12(8)15)13(17)16-7-6-10(9(16)2)14(18)19/h3-5,9-10H,6-7H2,1-2H3,(H,18,19). The molecule has 102 valence electrons. The molecular weight excluding hydrogens is 249 g/mol. The summed E-state index contributed by atoms with van der Waals surface area (Å²) in [5, 5.41) is 9.04. The molecule has 0 aromatic heterocycles. The van der Waals surface area contributed by atoms with Gasteiger partial charge in [-0.15, -0.1) is 0 Å². The Labute approximate surface area is 110 Å². The van der Waals surface area contributed by atoms with Crippen molar-refractivity contribution >= 4 is 11.9 Å². The zero-order valence-electron chi connectivity index (χ0n) is 10.9. The van der Waals surface area contributed by atoms with Crippen molar-refractivity contribution in [1.29, 1.82) is 0 Å². The Morgan fingerprint density at radius 1 is 1.42 bits per heavy atom. The van der Waals surface area contributed by atoms with Gasteiger partial charge in [0.2, 0.25) is 0 Å². The van der Waals surface area contributed by atoms with Crippen LogP contribution in [0, 0.1) is 18.7 Å². The Balaban J connectivity index is 2.26. The van der Waals surface area contributed by atoms with Gasteiger partial charge in [0.15, 0.2) is 0 Å². The van der Waals surface area contributed by atoms with Crippen molar-refractivity contribution in [1.82, 2.24) is 4.90 Å². The molecule has 5 heteroatoms. The van der Waals surface area contributed by atoms with E-state index in [1.807, 2.05) is 0 Å². The maximum Gasteiger partial charge on any atom is 0.308 e. The van der Waals surface area contributed by atoms with Crippen LogP contribution in [-0.2, 0) is 4.79 Å². The highest BCUT2D eigenvalue weighted by molar-refractivity contribution is 5.95. The quantitative estimate of drug-likeness (QED) is 0.890. The monoisotopic (exact) mass is 265 g/mol. The molecular formula is C14H16FNO3. The molecule has 0 bridgehead atoms.